The van der Waals surface area contributed by atoms with Crippen molar-refractivity contribution in [2.24, 2.45) is 0 Å². The van der Waals surface area contributed by atoms with E-state index in [0.29, 0.717) is 5.92 Å². The van der Waals surface area contributed by atoms with Crippen molar-refractivity contribution in [2.75, 3.05) is 32.1 Å². The molecular formula is C12H19N3. The molecular weight excluding hydrogens is 186 g/mol. The Hall–Kier alpha value is -1.09. The van der Waals surface area contributed by atoms with Crippen molar-refractivity contribution in [1.29, 1.82) is 0 Å². The molecule has 2 heterocycles. The lowest BCUT2D eigenvalue weighted by molar-refractivity contribution is 0.459. The maximum atomic E-state index is 4.46. The lowest BCUT2D eigenvalue weighted by atomic mass is 9.91. The van der Waals surface area contributed by atoms with Gasteiger partial charge in [0.1, 0.15) is 5.82 Å². The van der Waals surface area contributed by atoms with Gasteiger partial charge >= 0.3 is 0 Å². The monoisotopic (exact) mass is 205 g/mol. The number of nitrogens with one attached hydrogen (secondary N) is 1. The van der Waals surface area contributed by atoms with Gasteiger partial charge in [0.2, 0.25) is 0 Å². The second-order valence-electron chi connectivity index (χ2n) is 4.37. The molecule has 0 aromatic carbocycles. The number of nitrogens with zero attached hydrogens (tertiary/aromatic N) is 2. The fourth-order valence-corrected chi connectivity index (χ4v) is 2.06. The zero-order chi connectivity index (χ0) is 10.7. The Labute approximate surface area is 91.5 Å². The highest BCUT2D eigenvalue weighted by Crippen LogP contribution is 2.25. The van der Waals surface area contributed by atoms with Gasteiger partial charge in [0.15, 0.2) is 0 Å². The fourth-order valence-electron chi connectivity index (χ4n) is 2.06. The SMILES string of the molecule is CN(C)c1ccc(C2CCNCC2)cn1. The highest BCUT2D eigenvalue weighted by molar-refractivity contribution is 5.37. The normalized spacial score (nSPS) is 17.7. The van der Waals surface area contributed by atoms with Crippen LogP contribution in [-0.2, 0) is 0 Å². The van der Waals surface area contributed by atoms with Crippen LogP contribution in [0.5, 0.6) is 0 Å². The van der Waals surface area contributed by atoms with E-state index in [2.05, 4.69) is 22.4 Å². The van der Waals surface area contributed by atoms with Crippen LogP contribution in [0, 0.1) is 0 Å². The van der Waals surface area contributed by atoms with Crippen molar-refractivity contribution in [3.05, 3.63) is 23.9 Å². The largest absolute Gasteiger partial charge is 0.363 e. The van der Waals surface area contributed by atoms with E-state index in [-0.39, 0.29) is 0 Å². The first kappa shape index (κ1) is 10.4. The Kier molecular flexibility index (Phi) is 3.21. The van der Waals surface area contributed by atoms with E-state index in [1.54, 1.807) is 0 Å². The average Bonchev–Trinajstić information content (AvgIpc) is 2.30. The molecule has 1 N–H and O–H groups in total. The molecule has 1 saturated heterocycles. The van der Waals surface area contributed by atoms with Crippen LogP contribution in [0.15, 0.2) is 18.3 Å². The molecule has 15 heavy (non-hydrogen) atoms. The molecule has 0 aliphatic carbocycles. The molecule has 1 aromatic rings. The summed E-state index contributed by atoms with van der Waals surface area (Å²) >= 11 is 0. The molecule has 0 atom stereocenters. The van der Waals surface area contributed by atoms with Gasteiger partial charge in [0.25, 0.3) is 0 Å². The summed E-state index contributed by atoms with van der Waals surface area (Å²) in [6, 6.07) is 4.33. The molecule has 82 valence electrons. The lowest BCUT2D eigenvalue weighted by Crippen LogP contribution is -2.26. The summed E-state index contributed by atoms with van der Waals surface area (Å²) in [5, 5.41) is 3.39. The van der Waals surface area contributed by atoms with Crippen molar-refractivity contribution in [2.45, 2.75) is 18.8 Å². The zero-order valence-corrected chi connectivity index (χ0v) is 9.53. The maximum Gasteiger partial charge on any atom is 0.127 e. The molecule has 0 saturated carbocycles. The first-order valence-corrected chi connectivity index (χ1v) is 5.61. The molecule has 1 aliphatic rings. The van der Waals surface area contributed by atoms with Crippen molar-refractivity contribution < 1.29 is 0 Å². The first-order chi connectivity index (χ1) is 7.27. The molecule has 1 aromatic heterocycles. The van der Waals surface area contributed by atoms with Crippen LogP contribution in [-0.4, -0.2) is 32.2 Å². The third-order valence-corrected chi connectivity index (χ3v) is 3.04. The number of pyridine rings is 1. The average molecular weight is 205 g/mol. The Bertz CT molecular complexity index is 299. The van der Waals surface area contributed by atoms with Gasteiger partial charge in [-0.3, -0.25) is 0 Å². The second kappa shape index (κ2) is 4.62. The molecule has 0 bridgehead atoms. The molecule has 0 radical (unpaired) electrons. The number of rotatable bonds is 2. The van der Waals surface area contributed by atoms with Crippen molar-refractivity contribution in [3.63, 3.8) is 0 Å². The molecule has 2 rings (SSSR count). The van der Waals surface area contributed by atoms with Crippen LogP contribution >= 0.6 is 0 Å². The zero-order valence-electron chi connectivity index (χ0n) is 9.53. The van der Waals surface area contributed by atoms with Gasteiger partial charge in [-0.15, -0.1) is 0 Å². The van der Waals surface area contributed by atoms with E-state index in [0.717, 1.165) is 18.9 Å². The van der Waals surface area contributed by atoms with Gasteiger partial charge in [-0.1, -0.05) is 6.07 Å². The van der Waals surface area contributed by atoms with Crippen LogP contribution in [0.25, 0.3) is 0 Å². The third-order valence-electron chi connectivity index (χ3n) is 3.04. The van der Waals surface area contributed by atoms with Gasteiger partial charge in [-0.25, -0.2) is 4.98 Å². The summed E-state index contributed by atoms with van der Waals surface area (Å²) < 4.78 is 0. The fraction of sp³-hybridized carbons (Fsp3) is 0.583. The number of anilines is 1. The minimum Gasteiger partial charge on any atom is -0.363 e. The van der Waals surface area contributed by atoms with E-state index < -0.39 is 0 Å². The molecule has 3 nitrogen and oxygen atoms in total. The number of aromatic nitrogens is 1. The molecule has 0 unspecified atom stereocenters. The number of hydrogen-bond donors (Lipinski definition) is 1. The summed E-state index contributed by atoms with van der Waals surface area (Å²) in [5.41, 5.74) is 1.39. The van der Waals surface area contributed by atoms with Crippen LogP contribution in [0.2, 0.25) is 0 Å². The summed E-state index contributed by atoms with van der Waals surface area (Å²) in [6.07, 6.45) is 4.51. The van der Waals surface area contributed by atoms with Crippen LogP contribution in [0.3, 0.4) is 0 Å². The Morgan fingerprint density at radius 3 is 2.53 bits per heavy atom. The minimum absolute atomic E-state index is 0.704. The number of hydrogen-bond acceptors (Lipinski definition) is 3. The summed E-state index contributed by atoms with van der Waals surface area (Å²) in [7, 11) is 4.04. The molecule has 1 aliphatic heterocycles. The maximum absolute atomic E-state index is 4.46. The minimum atomic E-state index is 0.704. The number of piperidine rings is 1. The quantitative estimate of drug-likeness (QED) is 0.795. The standard InChI is InChI=1S/C12H19N3/c1-15(2)12-4-3-11(9-14-12)10-5-7-13-8-6-10/h3-4,9-10,13H,5-8H2,1-2H3. The van der Waals surface area contributed by atoms with Crippen molar-refractivity contribution in [3.8, 4) is 0 Å². The Balaban J connectivity index is 2.08. The molecule has 1 fully saturated rings. The molecule has 3 heteroatoms. The van der Waals surface area contributed by atoms with Gasteiger partial charge in [0.05, 0.1) is 0 Å². The Morgan fingerprint density at radius 2 is 2.00 bits per heavy atom. The van der Waals surface area contributed by atoms with E-state index in [1.165, 1.54) is 18.4 Å². The summed E-state index contributed by atoms with van der Waals surface area (Å²) in [4.78, 5) is 6.49. The van der Waals surface area contributed by atoms with E-state index >= 15 is 0 Å². The predicted octanol–water partition coefficient (Wildman–Crippen LogP) is 1.61. The van der Waals surface area contributed by atoms with Gasteiger partial charge in [-0.2, -0.15) is 0 Å². The van der Waals surface area contributed by atoms with E-state index in [1.807, 2.05) is 25.2 Å². The van der Waals surface area contributed by atoms with Gasteiger partial charge in [0, 0.05) is 20.3 Å². The Morgan fingerprint density at radius 1 is 1.27 bits per heavy atom. The van der Waals surface area contributed by atoms with Crippen molar-refractivity contribution >= 4 is 5.82 Å². The smallest absolute Gasteiger partial charge is 0.127 e. The second-order valence-corrected chi connectivity index (χ2v) is 4.37. The van der Waals surface area contributed by atoms with Crippen LogP contribution in [0.1, 0.15) is 24.3 Å². The van der Waals surface area contributed by atoms with Gasteiger partial charge in [-0.05, 0) is 43.5 Å². The summed E-state index contributed by atoms with van der Waals surface area (Å²) in [6.45, 7) is 2.28. The highest BCUT2D eigenvalue weighted by atomic mass is 15.1. The van der Waals surface area contributed by atoms with E-state index in [4.69, 9.17) is 0 Å². The topological polar surface area (TPSA) is 28.2 Å². The lowest BCUT2D eigenvalue weighted by Gasteiger charge is -2.23. The summed E-state index contributed by atoms with van der Waals surface area (Å²) in [5.74, 6) is 1.74. The molecule has 0 amide bonds. The highest BCUT2D eigenvalue weighted by Gasteiger charge is 2.15. The van der Waals surface area contributed by atoms with Crippen molar-refractivity contribution in [1.82, 2.24) is 10.3 Å². The van der Waals surface area contributed by atoms with Gasteiger partial charge < -0.3 is 10.2 Å². The van der Waals surface area contributed by atoms with E-state index in [9.17, 15) is 0 Å². The van der Waals surface area contributed by atoms with Crippen LogP contribution in [0.4, 0.5) is 5.82 Å². The van der Waals surface area contributed by atoms with Crippen LogP contribution < -0.4 is 10.2 Å². The predicted molar refractivity (Wildman–Crippen MR) is 63.4 cm³/mol. The first-order valence-electron chi connectivity index (χ1n) is 5.61. The molecule has 0 spiro atoms. The third kappa shape index (κ3) is 2.48.